The summed E-state index contributed by atoms with van der Waals surface area (Å²) in [4.78, 5) is 8.11. The van der Waals surface area contributed by atoms with E-state index in [0.29, 0.717) is 11.5 Å². The Bertz CT molecular complexity index is 425. The Kier molecular flexibility index (Phi) is 2.73. The van der Waals surface area contributed by atoms with Crippen molar-refractivity contribution in [1.29, 1.82) is 0 Å². The highest BCUT2D eigenvalue weighted by Crippen LogP contribution is 2.06. The zero-order chi connectivity index (χ0) is 9.97. The molecule has 0 bridgehead atoms. The second-order valence-electron chi connectivity index (χ2n) is 2.63. The average Bonchev–Trinajstić information content (AvgIpc) is 2.65. The lowest BCUT2D eigenvalue weighted by molar-refractivity contribution is 0.276. The van der Waals surface area contributed by atoms with E-state index in [1.807, 2.05) is 6.20 Å². The Morgan fingerprint density at radius 3 is 2.64 bits per heavy atom. The predicted octanol–water partition coefficient (Wildman–Crippen LogP) is 0.759. The quantitative estimate of drug-likeness (QED) is 0.832. The molecule has 0 aliphatic heterocycles. The van der Waals surface area contributed by atoms with Gasteiger partial charge in [-0.15, -0.1) is 0 Å². The monoisotopic (exact) mass is 302 g/mol. The lowest BCUT2D eigenvalue weighted by Gasteiger charge is -1.99. The van der Waals surface area contributed by atoms with Gasteiger partial charge in [0, 0.05) is 6.20 Å². The minimum absolute atomic E-state index is 0.0933. The minimum Gasteiger partial charge on any atom is -0.390 e. The molecule has 6 heteroatoms. The Hall–Kier alpha value is -1.02. The Labute approximate surface area is 94.0 Å². The molecule has 1 N–H and O–H groups in total. The molecule has 0 saturated heterocycles. The summed E-state index contributed by atoms with van der Waals surface area (Å²) < 4.78 is 2.67. The van der Waals surface area contributed by atoms with Crippen molar-refractivity contribution in [2.24, 2.45) is 0 Å². The maximum atomic E-state index is 8.78. The smallest absolute Gasteiger partial charge is 0.171 e. The van der Waals surface area contributed by atoms with E-state index in [9.17, 15) is 0 Å². The Balaban J connectivity index is 2.33. The van der Waals surface area contributed by atoms with E-state index < -0.39 is 0 Å². The van der Waals surface area contributed by atoms with Crippen LogP contribution >= 0.6 is 22.6 Å². The molecule has 0 amide bonds. The molecular formula is C8H7IN4O. The van der Waals surface area contributed by atoms with Gasteiger partial charge in [0.25, 0.3) is 0 Å². The largest absolute Gasteiger partial charge is 0.390 e. The van der Waals surface area contributed by atoms with Crippen LogP contribution in [0.4, 0.5) is 0 Å². The van der Waals surface area contributed by atoms with Crippen LogP contribution in [-0.2, 0) is 6.61 Å². The van der Waals surface area contributed by atoms with Crippen molar-refractivity contribution in [3.05, 3.63) is 34.1 Å². The van der Waals surface area contributed by atoms with E-state index in [1.165, 1.54) is 6.20 Å². The van der Waals surface area contributed by atoms with Crippen LogP contribution in [0, 0.1) is 3.57 Å². The second kappa shape index (κ2) is 4.01. The SMILES string of the molecule is OCc1cnc(-n2cc(I)cn2)cn1. The molecule has 0 radical (unpaired) electrons. The lowest BCUT2D eigenvalue weighted by atomic mass is 10.5. The van der Waals surface area contributed by atoms with Crippen LogP contribution in [0.1, 0.15) is 5.69 Å². The summed E-state index contributed by atoms with van der Waals surface area (Å²) in [5.41, 5.74) is 0.551. The number of aromatic nitrogens is 4. The molecule has 0 aliphatic carbocycles. The maximum absolute atomic E-state index is 8.78. The zero-order valence-electron chi connectivity index (χ0n) is 7.13. The minimum atomic E-state index is -0.0933. The van der Waals surface area contributed by atoms with Gasteiger partial charge in [-0.05, 0) is 22.6 Å². The van der Waals surface area contributed by atoms with E-state index in [-0.39, 0.29) is 6.61 Å². The fourth-order valence-corrected chi connectivity index (χ4v) is 1.36. The van der Waals surface area contributed by atoms with Gasteiger partial charge in [0.2, 0.25) is 0 Å². The molecule has 72 valence electrons. The van der Waals surface area contributed by atoms with E-state index in [1.54, 1.807) is 17.1 Å². The number of rotatable bonds is 2. The number of aliphatic hydroxyl groups is 1. The molecule has 2 aromatic heterocycles. The summed E-state index contributed by atoms with van der Waals surface area (Å²) >= 11 is 2.17. The van der Waals surface area contributed by atoms with Gasteiger partial charge in [0.15, 0.2) is 5.82 Å². The van der Waals surface area contributed by atoms with E-state index in [0.717, 1.165) is 3.57 Å². The highest BCUT2D eigenvalue weighted by molar-refractivity contribution is 14.1. The van der Waals surface area contributed by atoms with E-state index in [2.05, 4.69) is 37.7 Å². The van der Waals surface area contributed by atoms with Gasteiger partial charge in [0.05, 0.1) is 34.5 Å². The van der Waals surface area contributed by atoms with Crippen LogP contribution in [0.25, 0.3) is 5.82 Å². The molecule has 0 aromatic carbocycles. The molecule has 0 saturated carbocycles. The normalized spacial score (nSPS) is 10.4. The number of hydrogen-bond donors (Lipinski definition) is 1. The first-order valence-electron chi connectivity index (χ1n) is 3.92. The van der Waals surface area contributed by atoms with Crippen molar-refractivity contribution in [2.75, 3.05) is 0 Å². The lowest BCUT2D eigenvalue weighted by Crippen LogP contribution is -2.00. The molecule has 2 heterocycles. The Morgan fingerprint density at radius 2 is 2.14 bits per heavy atom. The molecular weight excluding hydrogens is 295 g/mol. The van der Waals surface area contributed by atoms with Crippen LogP contribution in [-0.4, -0.2) is 24.9 Å². The summed E-state index contributed by atoms with van der Waals surface area (Å²) in [6, 6.07) is 0. The van der Waals surface area contributed by atoms with Crippen LogP contribution in [0.5, 0.6) is 0 Å². The molecule has 2 aromatic rings. The first-order chi connectivity index (χ1) is 6.79. The molecule has 2 rings (SSSR count). The fourth-order valence-electron chi connectivity index (χ4n) is 0.974. The first kappa shape index (κ1) is 9.53. The molecule has 14 heavy (non-hydrogen) atoms. The molecule has 5 nitrogen and oxygen atoms in total. The highest BCUT2D eigenvalue weighted by Gasteiger charge is 2.00. The van der Waals surface area contributed by atoms with Gasteiger partial charge in [-0.1, -0.05) is 0 Å². The zero-order valence-corrected chi connectivity index (χ0v) is 9.29. The third-order valence-corrected chi connectivity index (χ3v) is 2.20. The summed E-state index contributed by atoms with van der Waals surface area (Å²) in [7, 11) is 0. The van der Waals surface area contributed by atoms with Crippen molar-refractivity contribution in [2.45, 2.75) is 6.61 Å². The van der Waals surface area contributed by atoms with Crippen molar-refractivity contribution >= 4 is 22.6 Å². The predicted molar refractivity (Wildman–Crippen MR) is 57.8 cm³/mol. The molecule has 0 unspecified atom stereocenters. The van der Waals surface area contributed by atoms with Crippen molar-refractivity contribution in [3.8, 4) is 5.82 Å². The average molecular weight is 302 g/mol. The molecule has 0 aliphatic rings. The van der Waals surface area contributed by atoms with Gasteiger partial charge >= 0.3 is 0 Å². The highest BCUT2D eigenvalue weighted by atomic mass is 127. The number of nitrogens with zero attached hydrogens (tertiary/aromatic N) is 4. The summed E-state index contributed by atoms with van der Waals surface area (Å²) in [6.07, 6.45) is 6.70. The molecule has 0 fully saturated rings. The number of aliphatic hydroxyl groups excluding tert-OH is 1. The first-order valence-corrected chi connectivity index (χ1v) is 5.00. The molecule has 0 spiro atoms. The number of halogens is 1. The van der Waals surface area contributed by atoms with Gasteiger partial charge in [-0.25, -0.2) is 9.67 Å². The van der Waals surface area contributed by atoms with E-state index >= 15 is 0 Å². The third kappa shape index (κ3) is 1.90. The topological polar surface area (TPSA) is 63.8 Å². The van der Waals surface area contributed by atoms with Gasteiger partial charge in [0.1, 0.15) is 0 Å². The van der Waals surface area contributed by atoms with Gasteiger partial charge in [-0.3, -0.25) is 4.98 Å². The van der Waals surface area contributed by atoms with Crippen LogP contribution in [0.2, 0.25) is 0 Å². The number of hydrogen-bond acceptors (Lipinski definition) is 4. The van der Waals surface area contributed by atoms with Crippen molar-refractivity contribution in [1.82, 2.24) is 19.7 Å². The fraction of sp³-hybridized carbons (Fsp3) is 0.125. The van der Waals surface area contributed by atoms with E-state index in [4.69, 9.17) is 5.11 Å². The Morgan fingerprint density at radius 1 is 1.29 bits per heavy atom. The summed E-state index contributed by atoms with van der Waals surface area (Å²) in [5.74, 6) is 0.644. The molecule has 0 atom stereocenters. The van der Waals surface area contributed by atoms with Gasteiger partial charge < -0.3 is 5.11 Å². The van der Waals surface area contributed by atoms with Crippen molar-refractivity contribution < 1.29 is 5.11 Å². The standard InChI is InChI=1S/C8H7IN4O/c9-6-1-12-13(4-6)8-3-10-7(5-14)2-11-8/h1-4,14H,5H2. The maximum Gasteiger partial charge on any atom is 0.171 e. The second-order valence-corrected chi connectivity index (χ2v) is 3.87. The van der Waals surface area contributed by atoms with Crippen LogP contribution in [0.15, 0.2) is 24.8 Å². The summed E-state index contributed by atoms with van der Waals surface area (Å²) in [6.45, 7) is -0.0933. The van der Waals surface area contributed by atoms with Crippen LogP contribution in [0.3, 0.4) is 0 Å². The third-order valence-electron chi connectivity index (χ3n) is 1.64. The van der Waals surface area contributed by atoms with Crippen molar-refractivity contribution in [3.63, 3.8) is 0 Å². The summed E-state index contributed by atoms with van der Waals surface area (Å²) in [5, 5.41) is 12.9. The van der Waals surface area contributed by atoms with Gasteiger partial charge in [-0.2, -0.15) is 5.10 Å². The van der Waals surface area contributed by atoms with Crippen LogP contribution < -0.4 is 0 Å².